The maximum Gasteiger partial charge on any atom is 0.255 e. The minimum atomic E-state index is -0.0258. The number of β-amino-alcohol motifs (C(OH)–C–C–N with tert-alkyl or cyclic N) is 1. The lowest BCUT2D eigenvalue weighted by Gasteiger charge is -2.22. The summed E-state index contributed by atoms with van der Waals surface area (Å²) in [6.45, 7) is 3.92. The van der Waals surface area contributed by atoms with E-state index >= 15 is 0 Å². The molecule has 1 aliphatic rings. The largest absolute Gasteiger partial charge is 0.395 e. The van der Waals surface area contributed by atoms with Crippen molar-refractivity contribution in [2.45, 2.75) is 6.42 Å². The predicted octanol–water partition coefficient (Wildman–Crippen LogP) is 2.24. The minimum absolute atomic E-state index is 0.0258. The molecule has 1 fully saturated rings. The van der Waals surface area contributed by atoms with E-state index in [1.165, 1.54) is 0 Å². The van der Waals surface area contributed by atoms with E-state index in [1.54, 1.807) is 6.07 Å². The molecule has 1 aliphatic heterocycles. The first-order valence-electron chi connectivity index (χ1n) is 6.70. The van der Waals surface area contributed by atoms with Crippen molar-refractivity contribution in [1.82, 2.24) is 9.80 Å². The number of amides is 1. The van der Waals surface area contributed by atoms with E-state index in [0.717, 1.165) is 30.5 Å². The SMILES string of the molecule is O=C(c1cccc(Br)c1Cl)N1CCCN(CCO)CC1. The van der Waals surface area contributed by atoms with Gasteiger partial charge in [-0.05, 0) is 41.0 Å². The lowest BCUT2D eigenvalue weighted by Crippen LogP contribution is -2.36. The molecule has 1 amide bonds. The van der Waals surface area contributed by atoms with E-state index in [4.69, 9.17) is 16.7 Å². The van der Waals surface area contributed by atoms with Crippen LogP contribution < -0.4 is 0 Å². The first kappa shape index (κ1) is 15.8. The average Bonchev–Trinajstić information content (AvgIpc) is 2.67. The molecule has 0 spiro atoms. The van der Waals surface area contributed by atoms with Gasteiger partial charge in [-0.25, -0.2) is 0 Å². The van der Waals surface area contributed by atoms with Gasteiger partial charge in [-0.2, -0.15) is 0 Å². The van der Waals surface area contributed by atoms with Crippen molar-refractivity contribution in [3.05, 3.63) is 33.3 Å². The highest BCUT2D eigenvalue weighted by molar-refractivity contribution is 9.10. The van der Waals surface area contributed by atoms with Crippen LogP contribution in [0.2, 0.25) is 5.02 Å². The number of benzene rings is 1. The summed E-state index contributed by atoms with van der Waals surface area (Å²) in [4.78, 5) is 16.6. The Bertz CT molecular complexity index is 484. The van der Waals surface area contributed by atoms with Crippen molar-refractivity contribution in [3.63, 3.8) is 0 Å². The summed E-state index contributed by atoms with van der Waals surface area (Å²) in [5, 5.41) is 9.45. The van der Waals surface area contributed by atoms with E-state index in [1.807, 2.05) is 17.0 Å². The van der Waals surface area contributed by atoms with Crippen LogP contribution in [0, 0.1) is 0 Å². The molecule has 1 saturated heterocycles. The molecule has 2 rings (SSSR count). The van der Waals surface area contributed by atoms with Crippen LogP contribution in [-0.2, 0) is 0 Å². The van der Waals surface area contributed by atoms with Crippen molar-refractivity contribution < 1.29 is 9.90 Å². The quantitative estimate of drug-likeness (QED) is 0.898. The van der Waals surface area contributed by atoms with Gasteiger partial charge < -0.3 is 10.0 Å². The summed E-state index contributed by atoms with van der Waals surface area (Å²) < 4.78 is 0.738. The van der Waals surface area contributed by atoms with Crippen LogP contribution in [0.3, 0.4) is 0 Å². The molecular weight excluding hydrogens is 344 g/mol. The topological polar surface area (TPSA) is 43.8 Å². The minimum Gasteiger partial charge on any atom is -0.395 e. The van der Waals surface area contributed by atoms with Crippen LogP contribution in [0.25, 0.3) is 0 Å². The van der Waals surface area contributed by atoms with Crippen molar-refractivity contribution in [2.75, 3.05) is 39.3 Å². The van der Waals surface area contributed by atoms with E-state index in [2.05, 4.69) is 20.8 Å². The van der Waals surface area contributed by atoms with Gasteiger partial charge in [0, 0.05) is 30.7 Å². The number of hydrogen-bond acceptors (Lipinski definition) is 3. The number of hydrogen-bond donors (Lipinski definition) is 1. The molecular formula is C14H18BrClN2O2. The van der Waals surface area contributed by atoms with Crippen LogP contribution >= 0.6 is 27.5 Å². The van der Waals surface area contributed by atoms with Crippen molar-refractivity contribution in [3.8, 4) is 0 Å². The molecule has 1 aromatic rings. The molecule has 4 nitrogen and oxygen atoms in total. The van der Waals surface area contributed by atoms with Crippen LogP contribution in [0.1, 0.15) is 16.8 Å². The summed E-state index contributed by atoms with van der Waals surface area (Å²) >= 11 is 9.53. The Labute approximate surface area is 132 Å². The third-order valence-corrected chi connectivity index (χ3v) is 4.77. The van der Waals surface area contributed by atoms with Gasteiger partial charge in [0.05, 0.1) is 17.2 Å². The summed E-state index contributed by atoms with van der Waals surface area (Å²) in [5.41, 5.74) is 0.539. The molecule has 0 unspecified atom stereocenters. The third kappa shape index (κ3) is 3.73. The van der Waals surface area contributed by atoms with E-state index in [9.17, 15) is 4.79 Å². The van der Waals surface area contributed by atoms with Gasteiger partial charge in [-0.1, -0.05) is 17.7 Å². The molecule has 20 heavy (non-hydrogen) atoms. The number of halogens is 2. The molecule has 1 heterocycles. The Balaban J connectivity index is 2.07. The zero-order valence-corrected chi connectivity index (χ0v) is 13.5. The average molecular weight is 362 g/mol. The Morgan fingerprint density at radius 1 is 1.30 bits per heavy atom. The Morgan fingerprint density at radius 3 is 2.85 bits per heavy atom. The van der Waals surface area contributed by atoms with E-state index in [-0.39, 0.29) is 12.5 Å². The molecule has 0 atom stereocenters. The Kier molecular flexibility index (Phi) is 5.84. The summed E-state index contributed by atoms with van der Waals surface area (Å²) in [7, 11) is 0. The van der Waals surface area contributed by atoms with Gasteiger partial charge in [0.1, 0.15) is 0 Å². The van der Waals surface area contributed by atoms with E-state index < -0.39 is 0 Å². The van der Waals surface area contributed by atoms with Gasteiger partial charge >= 0.3 is 0 Å². The summed E-state index contributed by atoms with van der Waals surface area (Å²) in [6, 6.07) is 5.40. The van der Waals surface area contributed by atoms with Crippen molar-refractivity contribution in [1.29, 1.82) is 0 Å². The fraction of sp³-hybridized carbons (Fsp3) is 0.500. The number of aliphatic hydroxyl groups is 1. The second kappa shape index (κ2) is 7.41. The van der Waals surface area contributed by atoms with Crippen molar-refractivity contribution in [2.24, 2.45) is 0 Å². The zero-order valence-electron chi connectivity index (χ0n) is 11.2. The molecule has 0 saturated carbocycles. The van der Waals surface area contributed by atoms with Crippen LogP contribution in [0.5, 0.6) is 0 Å². The van der Waals surface area contributed by atoms with Gasteiger partial charge in [0.25, 0.3) is 5.91 Å². The Morgan fingerprint density at radius 2 is 2.10 bits per heavy atom. The van der Waals surface area contributed by atoms with Gasteiger partial charge in [0.2, 0.25) is 0 Å². The number of rotatable bonds is 3. The number of carbonyl (C=O) groups excluding carboxylic acids is 1. The predicted molar refractivity (Wildman–Crippen MR) is 83.2 cm³/mol. The third-order valence-electron chi connectivity index (χ3n) is 3.47. The fourth-order valence-corrected chi connectivity index (χ4v) is 2.95. The highest BCUT2D eigenvalue weighted by Gasteiger charge is 2.22. The lowest BCUT2D eigenvalue weighted by atomic mass is 10.2. The van der Waals surface area contributed by atoms with Crippen LogP contribution in [0.4, 0.5) is 0 Å². The highest BCUT2D eigenvalue weighted by atomic mass is 79.9. The maximum absolute atomic E-state index is 12.5. The van der Waals surface area contributed by atoms with Crippen LogP contribution in [0.15, 0.2) is 22.7 Å². The van der Waals surface area contributed by atoms with E-state index in [0.29, 0.717) is 23.7 Å². The second-order valence-corrected chi connectivity index (χ2v) is 6.04. The molecule has 0 aliphatic carbocycles. The molecule has 0 radical (unpaired) electrons. The number of aliphatic hydroxyl groups excluding tert-OH is 1. The molecule has 0 bridgehead atoms. The standard InChI is InChI=1S/C14H18BrClN2O2/c15-12-4-1-3-11(13(12)16)14(20)18-6-2-5-17(7-8-18)9-10-19/h1,3-4,19H,2,5-10H2. The zero-order chi connectivity index (χ0) is 14.5. The number of carbonyl (C=O) groups is 1. The van der Waals surface area contributed by atoms with Crippen LogP contribution in [-0.4, -0.2) is 60.1 Å². The van der Waals surface area contributed by atoms with Crippen molar-refractivity contribution >= 4 is 33.4 Å². The highest BCUT2D eigenvalue weighted by Crippen LogP contribution is 2.27. The molecule has 1 aromatic carbocycles. The molecule has 110 valence electrons. The maximum atomic E-state index is 12.5. The lowest BCUT2D eigenvalue weighted by molar-refractivity contribution is 0.0760. The van der Waals surface area contributed by atoms with Gasteiger partial charge in [-0.3, -0.25) is 9.69 Å². The molecule has 0 aromatic heterocycles. The first-order valence-corrected chi connectivity index (χ1v) is 7.87. The second-order valence-electron chi connectivity index (χ2n) is 4.81. The first-order chi connectivity index (χ1) is 9.63. The molecule has 1 N–H and O–H groups in total. The summed E-state index contributed by atoms with van der Waals surface area (Å²) in [6.07, 6.45) is 0.914. The fourth-order valence-electron chi connectivity index (χ4n) is 2.38. The summed E-state index contributed by atoms with van der Waals surface area (Å²) in [5.74, 6) is -0.0258. The van der Waals surface area contributed by atoms with Gasteiger partial charge in [-0.15, -0.1) is 0 Å². The van der Waals surface area contributed by atoms with Gasteiger partial charge in [0.15, 0.2) is 0 Å². The molecule has 6 heteroatoms. The monoisotopic (exact) mass is 360 g/mol. The number of nitrogens with zero attached hydrogens (tertiary/aromatic N) is 2. The Hall–Kier alpha value is -0.620. The normalized spacial score (nSPS) is 17.1. The smallest absolute Gasteiger partial charge is 0.255 e.